The number of nitriles is 1. The Labute approximate surface area is 191 Å². The van der Waals surface area contributed by atoms with Gasteiger partial charge in [0.15, 0.2) is 0 Å². The quantitative estimate of drug-likeness (QED) is 0.369. The molecule has 2 N–H and O–H groups in total. The Morgan fingerprint density at radius 2 is 1.78 bits per heavy atom. The number of hydrogen-bond acceptors (Lipinski definition) is 4. The topological polar surface area (TPSA) is 91.2 Å². The zero-order valence-electron chi connectivity index (χ0n) is 17.3. The number of halogens is 1. The van der Waals surface area contributed by atoms with Crippen LogP contribution in [-0.2, 0) is 4.79 Å². The van der Waals surface area contributed by atoms with E-state index in [0.29, 0.717) is 39.9 Å². The number of benzene rings is 3. The highest BCUT2D eigenvalue weighted by Gasteiger charge is 2.13. The molecule has 0 bridgehead atoms. The van der Waals surface area contributed by atoms with Crippen LogP contribution in [0.1, 0.15) is 22.8 Å². The van der Waals surface area contributed by atoms with Gasteiger partial charge in [0.1, 0.15) is 17.4 Å². The Bertz CT molecular complexity index is 1210. The van der Waals surface area contributed by atoms with Crippen molar-refractivity contribution in [2.45, 2.75) is 6.92 Å². The summed E-state index contributed by atoms with van der Waals surface area (Å²) in [5, 5.41) is 15.3. The molecule has 0 saturated carbocycles. The number of carbonyl (C=O) groups is 2. The van der Waals surface area contributed by atoms with Crippen molar-refractivity contribution < 1.29 is 14.3 Å². The average Bonchev–Trinajstić information content (AvgIpc) is 2.79. The van der Waals surface area contributed by atoms with Crippen molar-refractivity contribution >= 4 is 40.9 Å². The summed E-state index contributed by atoms with van der Waals surface area (Å²) >= 11 is 6.08. The molecule has 0 aliphatic carbocycles. The van der Waals surface area contributed by atoms with Gasteiger partial charge in [-0.25, -0.2) is 0 Å². The standard InChI is InChI=1S/C25H20ClN3O3/c1-2-32-23-13-6-5-12-22(23)29-24(30)18(16-27)14-17-8-7-9-19(15-17)28-25(31)20-10-3-4-11-21(20)26/h3-15H,2H2,1H3,(H,28,31)(H,29,30)/b18-14+. The van der Waals surface area contributed by atoms with Gasteiger partial charge in [-0.05, 0) is 55.0 Å². The Balaban J connectivity index is 1.78. The minimum absolute atomic E-state index is 0.0918. The third-order valence-corrected chi connectivity index (χ3v) is 4.70. The van der Waals surface area contributed by atoms with Crippen molar-refractivity contribution in [1.29, 1.82) is 5.26 Å². The summed E-state index contributed by atoms with van der Waals surface area (Å²) in [6.45, 7) is 2.29. The lowest BCUT2D eigenvalue weighted by molar-refractivity contribution is -0.112. The highest BCUT2D eigenvalue weighted by Crippen LogP contribution is 2.24. The summed E-state index contributed by atoms with van der Waals surface area (Å²) in [6.07, 6.45) is 1.45. The first kappa shape index (κ1) is 22.6. The first-order chi connectivity index (χ1) is 15.5. The van der Waals surface area contributed by atoms with Crippen LogP contribution in [0.3, 0.4) is 0 Å². The lowest BCUT2D eigenvalue weighted by atomic mass is 10.1. The molecule has 0 aliphatic rings. The Morgan fingerprint density at radius 1 is 1.03 bits per heavy atom. The van der Waals surface area contributed by atoms with Gasteiger partial charge in [0.05, 0.1) is 22.9 Å². The molecular weight excluding hydrogens is 426 g/mol. The largest absolute Gasteiger partial charge is 0.492 e. The maximum atomic E-state index is 12.6. The molecule has 2 amide bonds. The van der Waals surface area contributed by atoms with E-state index in [1.54, 1.807) is 72.8 Å². The summed E-state index contributed by atoms with van der Waals surface area (Å²) in [4.78, 5) is 25.1. The van der Waals surface area contributed by atoms with E-state index in [1.165, 1.54) is 6.08 Å². The zero-order chi connectivity index (χ0) is 22.9. The molecule has 0 fully saturated rings. The van der Waals surface area contributed by atoms with Crippen molar-refractivity contribution in [3.05, 3.63) is 94.5 Å². The van der Waals surface area contributed by atoms with Gasteiger partial charge in [-0.2, -0.15) is 5.26 Å². The molecule has 0 spiro atoms. The maximum absolute atomic E-state index is 12.6. The minimum Gasteiger partial charge on any atom is -0.492 e. The molecule has 32 heavy (non-hydrogen) atoms. The van der Waals surface area contributed by atoms with Crippen LogP contribution in [0.15, 0.2) is 78.4 Å². The second kappa shape index (κ2) is 10.8. The van der Waals surface area contributed by atoms with Gasteiger partial charge in [0.25, 0.3) is 11.8 Å². The molecule has 0 radical (unpaired) electrons. The molecule has 7 heteroatoms. The fraction of sp³-hybridized carbons (Fsp3) is 0.0800. The normalized spacial score (nSPS) is 10.7. The number of ether oxygens (including phenoxy) is 1. The van der Waals surface area contributed by atoms with Crippen molar-refractivity contribution in [3.8, 4) is 11.8 Å². The summed E-state index contributed by atoms with van der Waals surface area (Å²) in [7, 11) is 0. The fourth-order valence-corrected chi connectivity index (χ4v) is 3.13. The molecule has 3 aromatic carbocycles. The number of anilines is 2. The predicted octanol–water partition coefficient (Wildman–Crippen LogP) is 5.54. The molecule has 3 rings (SSSR count). The average molecular weight is 446 g/mol. The van der Waals surface area contributed by atoms with Crippen LogP contribution in [-0.4, -0.2) is 18.4 Å². The molecule has 0 aromatic heterocycles. The summed E-state index contributed by atoms with van der Waals surface area (Å²) in [5.74, 6) is -0.405. The summed E-state index contributed by atoms with van der Waals surface area (Å²) < 4.78 is 5.50. The first-order valence-electron chi connectivity index (χ1n) is 9.82. The van der Waals surface area contributed by atoms with E-state index < -0.39 is 5.91 Å². The van der Waals surface area contributed by atoms with Gasteiger partial charge < -0.3 is 15.4 Å². The number of rotatable bonds is 7. The van der Waals surface area contributed by atoms with E-state index in [0.717, 1.165) is 0 Å². The fourth-order valence-electron chi connectivity index (χ4n) is 2.91. The lowest BCUT2D eigenvalue weighted by Crippen LogP contribution is -2.14. The first-order valence-corrected chi connectivity index (χ1v) is 10.2. The summed E-state index contributed by atoms with van der Waals surface area (Å²) in [5.41, 5.74) is 1.81. The maximum Gasteiger partial charge on any atom is 0.266 e. The zero-order valence-corrected chi connectivity index (χ0v) is 18.0. The van der Waals surface area contributed by atoms with E-state index >= 15 is 0 Å². The van der Waals surface area contributed by atoms with Crippen LogP contribution in [0.5, 0.6) is 5.75 Å². The van der Waals surface area contributed by atoms with Crippen LogP contribution >= 0.6 is 11.6 Å². The molecule has 6 nitrogen and oxygen atoms in total. The highest BCUT2D eigenvalue weighted by atomic mass is 35.5. The second-order valence-corrected chi connectivity index (χ2v) is 7.02. The molecular formula is C25H20ClN3O3. The molecule has 160 valence electrons. The number of nitrogens with one attached hydrogen (secondary N) is 2. The molecule has 0 saturated heterocycles. The third kappa shape index (κ3) is 5.75. The SMILES string of the molecule is CCOc1ccccc1NC(=O)/C(C#N)=C/c1cccc(NC(=O)c2ccccc2Cl)c1. The Morgan fingerprint density at radius 3 is 2.53 bits per heavy atom. The predicted molar refractivity (Wildman–Crippen MR) is 126 cm³/mol. The van der Waals surface area contributed by atoms with E-state index in [-0.39, 0.29) is 11.5 Å². The van der Waals surface area contributed by atoms with Gasteiger partial charge >= 0.3 is 0 Å². The van der Waals surface area contributed by atoms with Crippen LogP contribution < -0.4 is 15.4 Å². The van der Waals surface area contributed by atoms with Crippen molar-refractivity contribution in [1.82, 2.24) is 0 Å². The molecule has 0 unspecified atom stereocenters. The van der Waals surface area contributed by atoms with Gasteiger partial charge in [-0.1, -0.05) is 48.0 Å². The van der Waals surface area contributed by atoms with Gasteiger partial charge in [-0.15, -0.1) is 0 Å². The number of para-hydroxylation sites is 2. The smallest absolute Gasteiger partial charge is 0.266 e. The van der Waals surface area contributed by atoms with Crippen molar-refractivity contribution in [2.24, 2.45) is 0 Å². The van der Waals surface area contributed by atoms with E-state index in [1.807, 2.05) is 13.0 Å². The minimum atomic E-state index is -0.565. The summed E-state index contributed by atoms with van der Waals surface area (Å²) in [6, 6.07) is 22.4. The van der Waals surface area contributed by atoms with Crippen LogP contribution in [0.2, 0.25) is 5.02 Å². The van der Waals surface area contributed by atoms with Gasteiger partial charge in [0.2, 0.25) is 0 Å². The lowest BCUT2D eigenvalue weighted by Gasteiger charge is -2.11. The molecule has 0 aliphatic heterocycles. The molecule has 0 atom stereocenters. The molecule has 0 heterocycles. The van der Waals surface area contributed by atoms with E-state index in [9.17, 15) is 14.9 Å². The Kier molecular flexibility index (Phi) is 7.63. The van der Waals surface area contributed by atoms with E-state index in [4.69, 9.17) is 16.3 Å². The molecule has 3 aromatic rings. The number of carbonyl (C=O) groups excluding carboxylic acids is 2. The number of amides is 2. The van der Waals surface area contributed by atoms with Crippen molar-refractivity contribution in [3.63, 3.8) is 0 Å². The van der Waals surface area contributed by atoms with Gasteiger partial charge in [0, 0.05) is 5.69 Å². The van der Waals surface area contributed by atoms with Gasteiger partial charge in [-0.3, -0.25) is 9.59 Å². The third-order valence-electron chi connectivity index (χ3n) is 4.37. The monoisotopic (exact) mass is 445 g/mol. The van der Waals surface area contributed by atoms with Crippen LogP contribution in [0, 0.1) is 11.3 Å². The number of nitrogens with zero attached hydrogens (tertiary/aromatic N) is 1. The second-order valence-electron chi connectivity index (χ2n) is 6.61. The number of hydrogen-bond donors (Lipinski definition) is 2. The van der Waals surface area contributed by atoms with Crippen LogP contribution in [0.4, 0.5) is 11.4 Å². The van der Waals surface area contributed by atoms with Crippen LogP contribution in [0.25, 0.3) is 6.08 Å². The highest BCUT2D eigenvalue weighted by molar-refractivity contribution is 6.34. The van der Waals surface area contributed by atoms with E-state index in [2.05, 4.69) is 10.6 Å². The van der Waals surface area contributed by atoms with Crippen molar-refractivity contribution in [2.75, 3.05) is 17.2 Å². The Hall–Kier alpha value is -4.08.